The van der Waals surface area contributed by atoms with Gasteiger partial charge in [0, 0.05) is 17.8 Å². The summed E-state index contributed by atoms with van der Waals surface area (Å²) in [5.41, 5.74) is 2.84. The molecule has 2 aliphatic rings. The molecular weight excluding hydrogens is 388 g/mol. The van der Waals surface area contributed by atoms with Gasteiger partial charge in [-0.25, -0.2) is 4.98 Å². The number of rotatable bonds is 0. The van der Waals surface area contributed by atoms with Crippen molar-refractivity contribution < 1.29 is 5.11 Å². The number of allylic oxidation sites excluding steroid dienone is 1. The predicted molar refractivity (Wildman–Crippen MR) is 122 cm³/mol. The summed E-state index contributed by atoms with van der Waals surface area (Å²) in [6, 6.07) is 4.21. The first-order valence-corrected chi connectivity index (χ1v) is 11.5. The van der Waals surface area contributed by atoms with E-state index in [-0.39, 0.29) is 11.3 Å². The van der Waals surface area contributed by atoms with E-state index in [1.54, 1.807) is 4.68 Å². The maximum atomic E-state index is 12.6. The quantitative estimate of drug-likeness (QED) is 0.570. The Morgan fingerprint density at radius 2 is 1.81 bits per heavy atom. The van der Waals surface area contributed by atoms with Crippen molar-refractivity contribution in [1.29, 1.82) is 0 Å². The molecule has 0 aromatic carbocycles. The first kappa shape index (κ1) is 20.0. The van der Waals surface area contributed by atoms with Gasteiger partial charge in [0.2, 0.25) is 5.43 Å². The van der Waals surface area contributed by atoms with Crippen LogP contribution in [-0.2, 0) is 18.5 Å². The Morgan fingerprint density at radius 3 is 2.61 bits per heavy atom. The number of aromatic nitrogens is 4. The summed E-state index contributed by atoms with van der Waals surface area (Å²) in [5.74, 6) is -0.250. The zero-order valence-electron chi connectivity index (χ0n) is 18.0. The molecule has 31 heavy (non-hydrogen) atoms. The SMILES string of the molecule is C=C1CCCCCCc2cn(c3ncccc23)C2(CCCC2)Cn2cc(O)c(=O)c1n2. The molecule has 1 N–H and O–H groups in total. The molecular formula is C25H30N4O2. The summed E-state index contributed by atoms with van der Waals surface area (Å²) in [6.07, 6.45) is 16.1. The van der Waals surface area contributed by atoms with Crippen molar-refractivity contribution in [1.82, 2.24) is 19.3 Å². The van der Waals surface area contributed by atoms with Crippen molar-refractivity contribution in [3.8, 4) is 5.75 Å². The highest BCUT2D eigenvalue weighted by atomic mass is 16.3. The molecule has 3 aromatic rings. The number of hydrogen-bond acceptors (Lipinski definition) is 4. The second kappa shape index (κ2) is 7.98. The first-order valence-electron chi connectivity index (χ1n) is 11.5. The minimum absolute atomic E-state index is 0.169. The van der Waals surface area contributed by atoms with Crippen LogP contribution in [0.1, 0.15) is 69.0 Å². The fraction of sp³-hybridized carbons (Fsp3) is 0.480. The maximum Gasteiger partial charge on any atom is 0.249 e. The summed E-state index contributed by atoms with van der Waals surface area (Å²) in [7, 11) is 0. The topological polar surface area (TPSA) is 72.9 Å². The van der Waals surface area contributed by atoms with E-state index < -0.39 is 5.43 Å². The molecule has 0 unspecified atom stereocenters. The highest BCUT2D eigenvalue weighted by Gasteiger charge is 2.38. The summed E-state index contributed by atoms with van der Waals surface area (Å²) in [4.78, 5) is 17.3. The molecule has 4 bridgehead atoms. The maximum absolute atomic E-state index is 12.6. The fourth-order valence-electron chi connectivity index (χ4n) is 5.46. The number of aromatic hydroxyl groups is 1. The highest BCUT2D eigenvalue weighted by molar-refractivity contribution is 5.80. The van der Waals surface area contributed by atoms with Crippen LogP contribution in [0.25, 0.3) is 16.6 Å². The third-order valence-electron chi connectivity index (χ3n) is 7.10. The lowest BCUT2D eigenvalue weighted by atomic mass is 9.97. The van der Waals surface area contributed by atoms with Crippen LogP contribution in [0.5, 0.6) is 5.75 Å². The van der Waals surface area contributed by atoms with E-state index in [1.165, 1.54) is 17.1 Å². The van der Waals surface area contributed by atoms with E-state index in [0.29, 0.717) is 12.2 Å². The number of nitrogens with zero attached hydrogens (tertiary/aromatic N) is 4. The first-order chi connectivity index (χ1) is 15.1. The molecule has 1 saturated carbocycles. The molecule has 5 rings (SSSR count). The molecule has 0 atom stereocenters. The molecule has 0 amide bonds. The van der Waals surface area contributed by atoms with Crippen LogP contribution < -0.4 is 5.43 Å². The second-order valence-electron chi connectivity index (χ2n) is 9.24. The summed E-state index contributed by atoms with van der Waals surface area (Å²) >= 11 is 0. The Hall–Kier alpha value is -2.89. The van der Waals surface area contributed by atoms with Crippen LogP contribution in [0, 0.1) is 0 Å². The average Bonchev–Trinajstić information content (AvgIpc) is 3.38. The molecule has 6 nitrogen and oxygen atoms in total. The van der Waals surface area contributed by atoms with E-state index in [2.05, 4.69) is 28.5 Å². The van der Waals surface area contributed by atoms with Crippen LogP contribution >= 0.6 is 0 Å². The van der Waals surface area contributed by atoms with Gasteiger partial charge >= 0.3 is 0 Å². The lowest BCUT2D eigenvalue weighted by Crippen LogP contribution is -2.36. The van der Waals surface area contributed by atoms with Crippen LogP contribution in [0.4, 0.5) is 0 Å². The minimum atomic E-state index is -0.415. The van der Waals surface area contributed by atoms with E-state index >= 15 is 0 Å². The molecule has 1 aliphatic carbocycles. The Kier molecular flexibility index (Phi) is 5.16. The lowest BCUT2D eigenvalue weighted by Gasteiger charge is -2.32. The van der Waals surface area contributed by atoms with Gasteiger partial charge in [-0.3, -0.25) is 9.48 Å². The van der Waals surface area contributed by atoms with Crippen molar-refractivity contribution >= 4 is 16.6 Å². The van der Waals surface area contributed by atoms with Gasteiger partial charge in [-0.2, -0.15) is 5.10 Å². The Morgan fingerprint density at radius 1 is 1.03 bits per heavy atom. The lowest BCUT2D eigenvalue weighted by molar-refractivity contribution is 0.240. The molecule has 0 radical (unpaired) electrons. The number of fused-ring (bicyclic) bond motifs is 8. The molecule has 0 saturated heterocycles. The number of hydrogen-bond donors (Lipinski definition) is 1. The molecule has 1 spiro atoms. The van der Waals surface area contributed by atoms with Gasteiger partial charge in [0.25, 0.3) is 0 Å². The Labute approximate surface area is 182 Å². The van der Waals surface area contributed by atoms with Crippen molar-refractivity contribution in [2.45, 2.75) is 76.3 Å². The smallest absolute Gasteiger partial charge is 0.249 e. The minimum Gasteiger partial charge on any atom is -0.503 e. The predicted octanol–water partition coefficient (Wildman–Crippen LogP) is 4.79. The van der Waals surface area contributed by atoms with Gasteiger partial charge in [0.05, 0.1) is 18.3 Å². The largest absolute Gasteiger partial charge is 0.503 e. The summed E-state index contributed by atoms with van der Waals surface area (Å²) in [5, 5.41) is 16.3. The monoisotopic (exact) mass is 418 g/mol. The van der Waals surface area contributed by atoms with Crippen molar-refractivity contribution in [2.24, 2.45) is 0 Å². The van der Waals surface area contributed by atoms with Gasteiger partial charge in [-0.1, -0.05) is 32.3 Å². The third kappa shape index (κ3) is 3.58. The van der Waals surface area contributed by atoms with Gasteiger partial charge in [0.1, 0.15) is 11.3 Å². The van der Waals surface area contributed by atoms with Crippen LogP contribution in [0.15, 0.2) is 42.1 Å². The van der Waals surface area contributed by atoms with Crippen molar-refractivity contribution in [3.63, 3.8) is 0 Å². The van der Waals surface area contributed by atoms with E-state index in [9.17, 15) is 9.90 Å². The Balaban J connectivity index is 1.68. The summed E-state index contributed by atoms with van der Waals surface area (Å²) < 4.78 is 4.13. The molecule has 4 heterocycles. The molecule has 162 valence electrons. The van der Waals surface area contributed by atoms with Gasteiger partial charge in [-0.05, 0) is 61.8 Å². The van der Waals surface area contributed by atoms with Crippen LogP contribution in [-0.4, -0.2) is 24.4 Å². The normalized spacial score (nSPS) is 19.4. The molecule has 6 heteroatoms. The zero-order valence-corrected chi connectivity index (χ0v) is 18.0. The number of pyridine rings is 1. The van der Waals surface area contributed by atoms with E-state index in [1.807, 2.05) is 12.3 Å². The number of aryl methyl sites for hydroxylation is 1. The van der Waals surface area contributed by atoms with Crippen molar-refractivity contribution in [2.75, 3.05) is 0 Å². The average molecular weight is 419 g/mol. The van der Waals surface area contributed by atoms with Gasteiger partial charge in [-0.15, -0.1) is 0 Å². The molecule has 3 aromatic heterocycles. The summed E-state index contributed by atoms with van der Waals surface area (Å²) in [6.45, 7) is 4.72. The van der Waals surface area contributed by atoms with Gasteiger partial charge in [0.15, 0.2) is 5.75 Å². The standard InChI is InChI=1S/C25H30N4O2/c1-18-9-4-2-3-5-10-19-15-29(24-20(19)11-8-14-26-24)25(12-6-7-13-25)17-28-16-21(30)23(31)22(18)27-28/h8,11,14-16,30H,1-7,9-10,12-13,17H2. The molecule has 1 fully saturated rings. The Bertz CT molecular complexity index is 1180. The third-order valence-corrected chi connectivity index (χ3v) is 7.10. The fourth-order valence-corrected chi connectivity index (χ4v) is 5.46. The van der Waals surface area contributed by atoms with E-state index in [0.717, 1.165) is 75.4 Å². The van der Waals surface area contributed by atoms with E-state index in [4.69, 9.17) is 4.98 Å². The highest BCUT2D eigenvalue weighted by Crippen LogP contribution is 2.41. The van der Waals surface area contributed by atoms with Crippen LogP contribution in [0.3, 0.4) is 0 Å². The van der Waals surface area contributed by atoms with Gasteiger partial charge < -0.3 is 9.67 Å². The second-order valence-corrected chi connectivity index (χ2v) is 9.24. The van der Waals surface area contributed by atoms with Crippen molar-refractivity contribution in [3.05, 3.63) is 58.8 Å². The van der Waals surface area contributed by atoms with Crippen LogP contribution in [0.2, 0.25) is 0 Å². The zero-order chi connectivity index (χ0) is 21.4. The molecule has 1 aliphatic heterocycles.